The summed E-state index contributed by atoms with van der Waals surface area (Å²) in [5.41, 5.74) is 5.08. The lowest BCUT2D eigenvalue weighted by atomic mass is 9.94. The molecule has 0 radical (unpaired) electrons. The third kappa shape index (κ3) is 3.19. The second-order valence-electron chi connectivity index (χ2n) is 7.24. The van der Waals surface area contributed by atoms with Crippen LogP contribution in [0.1, 0.15) is 18.5 Å². The number of para-hydroxylation sites is 3. The Bertz CT molecular complexity index is 1290. The van der Waals surface area contributed by atoms with Gasteiger partial charge < -0.3 is 10.6 Å². The first-order chi connectivity index (χ1) is 14.6. The van der Waals surface area contributed by atoms with Crippen molar-refractivity contribution in [3.63, 3.8) is 0 Å². The zero-order chi connectivity index (χ0) is 20.7. The zero-order valence-electron chi connectivity index (χ0n) is 16.3. The molecule has 5 nitrogen and oxygen atoms in total. The van der Waals surface area contributed by atoms with E-state index in [0.717, 1.165) is 38.4 Å². The van der Waals surface area contributed by atoms with Gasteiger partial charge in [0.25, 0.3) is 5.91 Å². The summed E-state index contributed by atoms with van der Waals surface area (Å²) in [6.45, 7) is 1.92. The van der Waals surface area contributed by atoms with Gasteiger partial charge >= 0.3 is 0 Å². The molecule has 148 valence electrons. The standard InChI is InChI=1S/C24H19BrN4O/c1-15-21(23(30)27-18-10-3-2-4-11-18)22(16-8-7-9-17(25)14-16)29-20-13-6-5-12-19(20)28-24(29)26-15/h2-14,22H,1H3,(H,26,28)(H,27,30)/t22-/m1/s1. The monoisotopic (exact) mass is 458 g/mol. The second kappa shape index (κ2) is 7.46. The highest BCUT2D eigenvalue weighted by atomic mass is 79.9. The van der Waals surface area contributed by atoms with Gasteiger partial charge in [-0.15, -0.1) is 0 Å². The third-order valence-corrected chi connectivity index (χ3v) is 5.76. The van der Waals surface area contributed by atoms with E-state index in [1.807, 2.05) is 79.7 Å². The number of carbonyl (C=O) groups is 1. The molecule has 4 aromatic rings. The molecule has 1 amide bonds. The molecule has 0 aliphatic carbocycles. The number of anilines is 2. The fraction of sp³-hybridized carbons (Fsp3) is 0.0833. The quantitative estimate of drug-likeness (QED) is 0.412. The molecular formula is C24H19BrN4O. The number of hydrogen-bond donors (Lipinski definition) is 2. The minimum absolute atomic E-state index is 0.139. The predicted octanol–water partition coefficient (Wildman–Crippen LogP) is 5.73. The Morgan fingerprint density at radius 2 is 1.80 bits per heavy atom. The maximum atomic E-state index is 13.5. The number of fused-ring (bicyclic) bond motifs is 3. The number of amides is 1. The first-order valence-electron chi connectivity index (χ1n) is 9.68. The highest BCUT2D eigenvalue weighted by Crippen LogP contribution is 2.40. The molecule has 1 aliphatic rings. The van der Waals surface area contributed by atoms with Crippen LogP contribution < -0.4 is 10.6 Å². The van der Waals surface area contributed by atoms with Crippen molar-refractivity contribution in [2.75, 3.05) is 10.6 Å². The van der Waals surface area contributed by atoms with Gasteiger partial charge in [-0.2, -0.15) is 0 Å². The van der Waals surface area contributed by atoms with Gasteiger partial charge in [-0.05, 0) is 48.9 Å². The van der Waals surface area contributed by atoms with Crippen LogP contribution in [0.5, 0.6) is 0 Å². The third-order valence-electron chi connectivity index (χ3n) is 5.27. The van der Waals surface area contributed by atoms with Crippen molar-refractivity contribution in [3.05, 3.63) is 100 Å². The molecule has 2 N–H and O–H groups in total. The molecule has 0 fully saturated rings. The number of hydrogen-bond acceptors (Lipinski definition) is 3. The smallest absolute Gasteiger partial charge is 0.255 e. The van der Waals surface area contributed by atoms with Crippen LogP contribution in [0.25, 0.3) is 11.0 Å². The average Bonchev–Trinajstić information content (AvgIpc) is 3.11. The molecule has 2 heterocycles. The first kappa shape index (κ1) is 18.6. The molecule has 30 heavy (non-hydrogen) atoms. The number of nitrogens with zero attached hydrogens (tertiary/aromatic N) is 2. The minimum Gasteiger partial charge on any atom is -0.329 e. The van der Waals surface area contributed by atoms with Gasteiger partial charge in [0.2, 0.25) is 5.95 Å². The molecule has 1 aromatic heterocycles. The van der Waals surface area contributed by atoms with E-state index in [-0.39, 0.29) is 11.9 Å². The Hall–Kier alpha value is -3.38. The van der Waals surface area contributed by atoms with Crippen LogP contribution in [0.2, 0.25) is 0 Å². The summed E-state index contributed by atoms with van der Waals surface area (Å²) in [7, 11) is 0. The van der Waals surface area contributed by atoms with Crippen LogP contribution >= 0.6 is 15.9 Å². The lowest BCUT2D eigenvalue weighted by Crippen LogP contribution is -2.30. The number of carbonyl (C=O) groups excluding carboxylic acids is 1. The Labute approximate surface area is 182 Å². The molecule has 6 heteroatoms. The largest absolute Gasteiger partial charge is 0.329 e. The van der Waals surface area contributed by atoms with Crippen LogP contribution in [-0.4, -0.2) is 15.5 Å². The number of rotatable bonds is 3. The highest BCUT2D eigenvalue weighted by Gasteiger charge is 2.34. The van der Waals surface area contributed by atoms with E-state index in [0.29, 0.717) is 5.57 Å². The van der Waals surface area contributed by atoms with Crippen LogP contribution in [0.4, 0.5) is 11.6 Å². The number of aromatic nitrogens is 2. The normalized spacial score (nSPS) is 15.6. The van der Waals surface area contributed by atoms with E-state index >= 15 is 0 Å². The molecule has 3 aromatic carbocycles. The van der Waals surface area contributed by atoms with Gasteiger partial charge in [-0.25, -0.2) is 4.98 Å². The van der Waals surface area contributed by atoms with Crippen LogP contribution in [-0.2, 0) is 4.79 Å². The zero-order valence-corrected chi connectivity index (χ0v) is 17.8. The maximum Gasteiger partial charge on any atom is 0.255 e. The van der Waals surface area contributed by atoms with Crippen molar-refractivity contribution < 1.29 is 4.79 Å². The first-order valence-corrected chi connectivity index (χ1v) is 10.5. The van der Waals surface area contributed by atoms with E-state index in [1.54, 1.807) is 0 Å². The Kier molecular flexibility index (Phi) is 4.64. The molecule has 5 rings (SSSR count). The fourth-order valence-corrected chi connectivity index (χ4v) is 4.39. The van der Waals surface area contributed by atoms with E-state index < -0.39 is 0 Å². The summed E-state index contributed by atoms with van der Waals surface area (Å²) >= 11 is 3.58. The summed E-state index contributed by atoms with van der Waals surface area (Å²) in [6, 6.07) is 25.2. The molecule has 0 saturated carbocycles. The molecule has 1 aliphatic heterocycles. The van der Waals surface area contributed by atoms with Crippen molar-refractivity contribution in [1.82, 2.24) is 9.55 Å². The number of halogens is 1. The molecular weight excluding hydrogens is 440 g/mol. The number of allylic oxidation sites excluding steroid dienone is 1. The highest BCUT2D eigenvalue weighted by molar-refractivity contribution is 9.10. The van der Waals surface area contributed by atoms with Crippen LogP contribution in [0, 0.1) is 0 Å². The summed E-state index contributed by atoms with van der Waals surface area (Å²) in [6.07, 6.45) is 0. The SMILES string of the molecule is CC1=C(C(=O)Nc2ccccc2)[C@@H](c2cccc(Br)c2)n2c(nc3ccccc32)N1. The van der Waals surface area contributed by atoms with Crippen molar-refractivity contribution in [1.29, 1.82) is 0 Å². The van der Waals surface area contributed by atoms with Crippen molar-refractivity contribution in [2.45, 2.75) is 13.0 Å². The molecule has 0 spiro atoms. The Morgan fingerprint density at radius 1 is 1.03 bits per heavy atom. The fourth-order valence-electron chi connectivity index (χ4n) is 3.97. The molecule has 1 atom stereocenters. The van der Waals surface area contributed by atoms with Gasteiger partial charge in [-0.1, -0.05) is 58.4 Å². The minimum atomic E-state index is -0.310. The van der Waals surface area contributed by atoms with Gasteiger partial charge in [0, 0.05) is 15.9 Å². The Balaban J connectivity index is 1.69. The van der Waals surface area contributed by atoms with E-state index in [2.05, 4.69) is 37.2 Å². The van der Waals surface area contributed by atoms with Crippen molar-refractivity contribution in [2.24, 2.45) is 0 Å². The molecule has 0 unspecified atom stereocenters. The lowest BCUT2D eigenvalue weighted by Gasteiger charge is -2.30. The Morgan fingerprint density at radius 3 is 2.60 bits per heavy atom. The number of nitrogens with one attached hydrogen (secondary N) is 2. The number of imidazole rings is 1. The molecule has 0 bridgehead atoms. The summed E-state index contributed by atoms with van der Waals surface area (Å²) in [4.78, 5) is 18.2. The van der Waals surface area contributed by atoms with Gasteiger partial charge in [0.05, 0.1) is 22.6 Å². The van der Waals surface area contributed by atoms with E-state index in [1.165, 1.54) is 0 Å². The lowest BCUT2D eigenvalue weighted by molar-refractivity contribution is -0.113. The summed E-state index contributed by atoms with van der Waals surface area (Å²) in [5, 5.41) is 6.38. The average molecular weight is 459 g/mol. The molecule has 0 saturated heterocycles. The summed E-state index contributed by atoms with van der Waals surface area (Å²) in [5.74, 6) is 0.592. The van der Waals surface area contributed by atoms with E-state index in [9.17, 15) is 4.79 Å². The van der Waals surface area contributed by atoms with Gasteiger partial charge in [-0.3, -0.25) is 9.36 Å². The topological polar surface area (TPSA) is 59.0 Å². The van der Waals surface area contributed by atoms with Crippen molar-refractivity contribution in [3.8, 4) is 0 Å². The second-order valence-corrected chi connectivity index (χ2v) is 8.15. The van der Waals surface area contributed by atoms with Gasteiger partial charge in [0.1, 0.15) is 0 Å². The number of benzene rings is 3. The van der Waals surface area contributed by atoms with E-state index in [4.69, 9.17) is 4.98 Å². The van der Waals surface area contributed by atoms with Crippen LogP contribution in [0.3, 0.4) is 0 Å². The predicted molar refractivity (Wildman–Crippen MR) is 123 cm³/mol. The summed E-state index contributed by atoms with van der Waals surface area (Å²) < 4.78 is 3.06. The van der Waals surface area contributed by atoms with Crippen LogP contribution in [0.15, 0.2) is 94.6 Å². The maximum absolute atomic E-state index is 13.5. The van der Waals surface area contributed by atoms with Crippen molar-refractivity contribution >= 4 is 44.5 Å². The van der Waals surface area contributed by atoms with Gasteiger partial charge in [0.15, 0.2) is 0 Å².